The Labute approximate surface area is 152 Å². The molecule has 26 heavy (non-hydrogen) atoms. The first-order valence-electron chi connectivity index (χ1n) is 7.95. The zero-order valence-electron chi connectivity index (χ0n) is 14.8. The van der Waals surface area contributed by atoms with E-state index in [1.165, 1.54) is 25.2 Å². The molecule has 2 rings (SSSR count). The molecule has 0 aliphatic carbocycles. The van der Waals surface area contributed by atoms with Crippen LogP contribution in [0.3, 0.4) is 0 Å². The van der Waals surface area contributed by atoms with Crippen molar-refractivity contribution in [2.45, 2.75) is 6.61 Å². The second-order valence-corrected chi connectivity index (χ2v) is 5.35. The van der Waals surface area contributed by atoms with Crippen LogP contribution in [0.5, 0.6) is 5.75 Å². The molecule has 0 saturated carbocycles. The molecule has 6 nitrogen and oxygen atoms in total. The highest BCUT2D eigenvalue weighted by molar-refractivity contribution is 5.94. The van der Waals surface area contributed by atoms with Gasteiger partial charge in [-0.3, -0.25) is 4.90 Å². The Balaban J connectivity index is 2.25. The first kappa shape index (κ1) is 19.1. The summed E-state index contributed by atoms with van der Waals surface area (Å²) in [6.07, 6.45) is 1.01. The molecule has 6 heteroatoms. The van der Waals surface area contributed by atoms with Crippen molar-refractivity contribution in [1.29, 1.82) is 0 Å². The Morgan fingerprint density at radius 1 is 1.12 bits per heavy atom. The summed E-state index contributed by atoms with van der Waals surface area (Å²) in [5, 5.41) is 0. The van der Waals surface area contributed by atoms with E-state index in [2.05, 4.69) is 6.58 Å². The molecule has 0 unspecified atom stereocenters. The molecule has 0 fully saturated rings. The van der Waals surface area contributed by atoms with E-state index in [1.54, 1.807) is 18.2 Å². The maximum absolute atomic E-state index is 12.6. The van der Waals surface area contributed by atoms with Crippen LogP contribution in [0.4, 0.5) is 10.5 Å². The predicted molar refractivity (Wildman–Crippen MR) is 98.5 cm³/mol. The van der Waals surface area contributed by atoms with E-state index in [4.69, 9.17) is 14.2 Å². The summed E-state index contributed by atoms with van der Waals surface area (Å²) in [7, 11) is 2.77. The van der Waals surface area contributed by atoms with Crippen LogP contribution in [-0.4, -0.2) is 32.8 Å². The summed E-state index contributed by atoms with van der Waals surface area (Å²) in [5.41, 5.74) is 1.59. The van der Waals surface area contributed by atoms with Crippen LogP contribution >= 0.6 is 0 Å². The largest absolute Gasteiger partial charge is 0.497 e. The number of anilines is 1. The number of benzene rings is 2. The van der Waals surface area contributed by atoms with Gasteiger partial charge in [-0.15, -0.1) is 6.58 Å². The lowest BCUT2D eigenvalue weighted by molar-refractivity contribution is 0.0600. The normalized spacial score (nSPS) is 9.92. The van der Waals surface area contributed by atoms with Crippen LogP contribution in [0.2, 0.25) is 0 Å². The van der Waals surface area contributed by atoms with E-state index in [0.717, 1.165) is 5.56 Å². The molecule has 1 amide bonds. The lowest BCUT2D eigenvalue weighted by Gasteiger charge is -2.22. The van der Waals surface area contributed by atoms with Gasteiger partial charge in [-0.1, -0.05) is 36.4 Å². The van der Waals surface area contributed by atoms with E-state index in [-0.39, 0.29) is 18.7 Å². The van der Waals surface area contributed by atoms with Gasteiger partial charge in [0.05, 0.1) is 25.5 Å². The minimum absolute atomic E-state index is 0.140. The minimum Gasteiger partial charge on any atom is -0.497 e. The Morgan fingerprint density at radius 2 is 1.85 bits per heavy atom. The topological polar surface area (TPSA) is 65.1 Å². The molecular formula is C20H21NO5. The molecule has 0 aromatic heterocycles. The minimum atomic E-state index is -0.558. The molecule has 0 atom stereocenters. The number of methoxy groups -OCH3 is 2. The predicted octanol–water partition coefficient (Wildman–Crippen LogP) is 3.81. The number of esters is 1. The molecule has 136 valence electrons. The van der Waals surface area contributed by atoms with Gasteiger partial charge in [0.1, 0.15) is 12.4 Å². The smallest absolute Gasteiger partial charge is 0.414 e. The lowest BCUT2D eigenvalue weighted by Crippen LogP contribution is -2.31. The number of carbonyl (C=O) groups is 2. The van der Waals surface area contributed by atoms with E-state index < -0.39 is 12.1 Å². The van der Waals surface area contributed by atoms with Crippen molar-refractivity contribution in [3.63, 3.8) is 0 Å². The molecule has 0 N–H and O–H groups in total. The number of carbonyl (C=O) groups excluding carboxylic acids is 2. The van der Waals surface area contributed by atoms with E-state index in [9.17, 15) is 9.59 Å². The van der Waals surface area contributed by atoms with Gasteiger partial charge in [0.2, 0.25) is 0 Å². The van der Waals surface area contributed by atoms with Gasteiger partial charge in [-0.2, -0.15) is 0 Å². The molecule has 2 aromatic carbocycles. The second kappa shape index (κ2) is 9.27. The van der Waals surface area contributed by atoms with Crippen LogP contribution in [0.1, 0.15) is 15.9 Å². The SMILES string of the molecule is C=CCN(C(=O)OCc1ccccc1)c1cc(OC)cc(C(=O)OC)c1. The number of rotatable bonds is 7. The number of hydrogen-bond donors (Lipinski definition) is 0. The van der Waals surface area contributed by atoms with Crippen LogP contribution in [-0.2, 0) is 16.1 Å². The summed E-state index contributed by atoms with van der Waals surface area (Å²) in [6, 6.07) is 14.1. The molecule has 0 bridgehead atoms. The van der Waals surface area contributed by atoms with Crippen molar-refractivity contribution in [2.75, 3.05) is 25.7 Å². The van der Waals surface area contributed by atoms with Crippen LogP contribution in [0.15, 0.2) is 61.2 Å². The summed E-state index contributed by atoms with van der Waals surface area (Å²) in [5.74, 6) is -0.103. The van der Waals surface area contributed by atoms with Gasteiger partial charge in [0.25, 0.3) is 0 Å². The molecule has 0 spiro atoms. The Hall–Kier alpha value is -3.28. The summed E-state index contributed by atoms with van der Waals surface area (Å²) < 4.78 is 15.3. The fourth-order valence-corrected chi connectivity index (χ4v) is 2.30. The van der Waals surface area contributed by atoms with Crippen molar-refractivity contribution in [2.24, 2.45) is 0 Å². The fourth-order valence-electron chi connectivity index (χ4n) is 2.30. The lowest BCUT2D eigenvalue weighted by atomic mass is 10.1. The number of nitrogens with zero attached hydrogens (tertiary/aromatic N) is 1. The molecule has 0 aliphatic rings. The van der Waals surface area contributed by atoms with Gasteiger partial charge < -0.3 is 14.2 Å². The quantitative estimate of drug-likeness (QED) is 0.558. The van der Waals surface area contributed by atoms with Crippen molar-refractivity contribution >= 4 is 17.7 Å². The van der Waals surface area contributed by atoms with Gasteiger partial charge >= 0.3 is 12.1 Å². The van der Waals surface area contributed by atoms with Crippen molar-refractivity contribution in [3.8, 4) is 5.75 Å². The first-order chi connectivity index (χ1) is 12.6. The van der Waals surface area contributed by atoms with Crippen molar-refractivity contribution in [1.82, 2.24) is 0 Å². The van der Waals surface area contributed by atoms with Crippen LogP contribution in [0.25, 0.3) is 0 Å². The average Bonchev–Trinajstić information content (AvgIpc) is 2.69. The van der Waals surface area contributed by atoms with Gasteiger partial charge in [0.15, 0.2) is 0 Å². The monoisotopic (exact) mass is 355 g/mol. The standard InChI is InChI=1S/C20H21NO5/c1-4-10-21(20(23)26-14-15-8-6-5-7-9-15)17-11-16(19(22)25-3)12-18(13-17)24-2/h4-9,11-13H,1,10,14H2,2-3H3. The molecule has 0 aliphatic heterocycles. The maximum Gasteiger partial charge on any atom is 0.414 e. The Morgan fingerprint density at radius 3 is 2.46 bits per heavy atom. The zero-order valence-corrected chi connectivity index (χ0v) is 14.8. The molecule has 0 heterocycles. The van der Waals surface area contributed by atoms with E-state index in [0.29, 0.717) is 11.4 Å². The third-order valence-corrected chi connectivity index (χ3v) is 3.60. The Bertz CT molecular complexity index is 773. The summed E-state index contributed by atoms with van der Waals surface area (Å²) >= 11 is 0. The molecule has 0 radical (unpaired) electrons. The molecule has 2 aromatic rings. The number of ether oxygens (including phenoxy) is 3. The van der Waals surface area contributed by atoms with E-state index >= 15 is 0 Å². The van der Waals surface area contributed by atoms with Crippen LogP contribution in [0, 0.1) is 0 Å². The van der Waals surface area contributed by atoms with E-state index in [1.807, 2.05) is 30.3 Å². The van der Waals surface area contributed by atoms with Crippen LogP contribution < -0.4 is 9.64 Å². The number of hydrogen-bond acceptors (Lipinski definition) is 5. The summed E-state index contributed by atoms with van der Waals surface area (Å²) in [6.45, 7) is 4.02. The van der Waals surface area contributed by atoms with Crippen molar-refractivity contribution in [3.05, 3.63) is 72.3 Å². The molecule has 0 saturated heterocycles. The highest BCUT2D eigenvalue weighted by Gasteiger charge is 2.19. The highest BCUT2D eigenvalue weighted by atomic mass is 16.6. The second-order valence-electron chi connectivity index (χ2n) is 5.35. The third kappa shape index (κ3) is 4.86. The number of amides is 1. The van der Waals surface area contributed by atoms with Gasteiger partial charge in [-0.25, -0.2) is 9.59 Å². The molecular weight excluding hydrogens is 334 g/mol. The highest BCUT2D eigenvalue weighted by Crippen LogP contribution is 2.25. The summed E-state index contributed by atoms with van der Waals surface area (Å²) in [4.78, 5) is 25.8. The third-order valence-electron chi connectivity index (χ3n) is 3.60. The average molecular weight is 355 g/mol. The zero-order chi connectivity index (χ0) is 18.9. The maximum atomic E-state index is 12.6. The van der Waals surface area contributed by atoms with Gasteiger partial charge in [0, 0.05) is 12.6 Å². The fraction of sp³-hybridized carbons (Fsp3) is 0.200. The first-order valence-corrected chi connectivity index (χ1v) is 7.95. The Kier molecular flexibility index (Phi) is 6.79. The van der Waals surface area contributed by atoms with Gasteiger partial charge in [-0.05, 0) is 17.7 Å². The van der Waals surface area contributed by atoms with Crippen molar-refractivity contribution < 1.29 is 23.8 Å².